The van der Waals surface area contributed by atoms with Crippen molar-refractivity contribution in [1.82, 2.24) is 4.98 Å². The fraction of sp³-hybridized carbons (Fsp3) is 0.0714. The summed E-state index contributed by atoms with van der Waals surface area (Å²) in [6, 6.07) is 5.45. The Labute approximate surface area is 130 Å². The molecule has 0 amide bonds. The van der Waals surface area contributed by atoms with Crippen molar-refractivity contribution in [2.24, 2.45) is 0 Å². The summed E-state index contributed by atoms with van der Waals surface area (Å²) in [7, 11) is -4.42. The van der Waals surface area contributed by atoms with Gasteiger partial charge in [0.2, 0.25) is 5.76 Å². The van der Waals surface area contributed by atoms with Crippen molar-refractivity contribution < 1.29 is 21.4 Å². The van der Waals surface area contributed by atoms with Crippen molar-refractivity contribution in [2.45, 2.75) is 11.8 Å². The number of benzene rings is 1. The standard InChI is InChI=1S/C14H10ClF2NO3S/c1-8(16)13(9(2)17)21-22(19,20)11-3-4-12-10(7-11)5-6-18-14(12)15/h3-7H,1H2,2H3/b13-9-. The fourth-order valence-electron chi connectivity index (χ4n) is 1.72. The van der Waals surface area contributed by atoms with Gasteiger partial charge in [0, 0.05) is 11.6 Å². The molecule has 0 aliphatic carbocycles. The minimum atomic E-state index is -4.42. The van der Waals surface area contributed by atoms with E-state index >= 15 is 0 Å². The first-order chi connectivity index (χ1) is 10.2. The molecule has 4 nitrogen and oxygen atoms in total. The number of rotatable bonds is 4. The second-order valence-electron chi connectivity index (χ2n) is 4.29. The van der Waals surface area contributed by atoms with Crippen molar-refractivity contribution in [3.8, 4) is 0 Å². The van der Waals surface area contributed by atoms with Crippen molar-refractivity contribution in [2.75, 3.05) is 0 Å². The van der Waals surface area contributed by atoms with E-state index in [2.05, 4.69) is 15.7 Å². The number of hydrogen-bond donors (Lipinski definition) is 0. The Balaban J connectivity index is 2.51. The monoisotopic (exact) mass is 345 g/mol. The van der Waals surface area contributed by atoms with Gasteiger partial charge < -0.3 is 4.18 Å². The normalized spacial score (nSPS) is 12.9. The number of hydrogen-bond acceptors (Lipinski definition) is 4. The predicted molar refractivity (Wildman–Crippen MR) is 79.1 cm³/mol. The number of halogens is 3. The van der Waals surface area contributed by atoms with E-state index in [1.165, 1.54) is 24.4 Å². The van der Waals surface area contributed by atoms with Gasteiger partial charge in [-0.3, -0.25) is 0 Å². The van der Waals surface area contributed by atoms with Gasteiger partial charge in [-0.15, -0.1) is 0 Å². The van der Waals surface area contributed by atoms with Crippen LogP contribution in [0.2, 0.25) is 5.15 Å². The first kappa shape index (κ1) is 16.4. The van der Waals surface area contributed by atoms with Crippen LogP contribution >= 0.6 is 11.6 Å². The largest absolute Gasteiger partial charge is 0.373 e. The van der Waals surface area contributed by atoms with Crippen molar-refractivity contribution >= 4 is 32.5 Å². The third-order valence-corrected chi connectivity index (χ3v) is 4.25. The number of pyridine rings is 1. The van der Waals surface area contributed by atoms with E-state index < -0.39 is 27.5 Å². The maximum absolute atomic E-state index is 13.1. The fourth-order valence-corrected chi connectivity index (χ4v) is 2.98. The average Bonchev–Trinajstić information content (AvgIpc) is 2.44. The zero-order valence-electron chi connectivity index (χ0n) is 11.3. The summed E-state index contributed by atoms with van der Waals surface area (Å²) in [5.74, 6) is -3.52. The topological polar surface area (TPSA) is 56.3 Å². The Kier molecular flexibility index (Phi) is 4.48. The van der Waals surface area contributed by atoms with E-state index in [1.54, 1.807) is 6.07 Å². The van der Waals surface area contributed by atoms with Crippen LogP contribution in [0.25, 0.3) is 10.8 Å². The Morgan fingerprint density at radius 3 is 2.59 bits per heavy atom. The molecule has 0 fully saturated rings. The summed E-state index contributed by atoms with van der Waals surface area (Å²) in [4.78, 5) is 3.58. The van der Waals surface area contributed by atoms with Gasteiger partial charge in [0.15, 0.2) is 5.83 Å². The molecular formula is C14H10ClF2NO3S. The molecule has 8 heteroatoms. The summed E-state index contributed by atoms with van der Waals surface area (Å²) in [6.07, 6.45) is 1.41. The molecule has 116 valence electrons. The molecule has 0 N–H and O–H groups in total. The molecule has 2 aromatic rings. The summed E-state index contributed by atoms with van der Waals surface area (Å²) in [6.45, 7) is 3.70. The smallest absolute Gasteiger partial charge is 0.339 e. The lowest BCUT2D eigenvalue weighted by Crippen LogP contribution is -2.07. The molecule has 22 heavy (non-hydrogen) atoms. The Bertz CT molecular complexity index is 890. The van der Waals surface area contributed by atoms with Gasteiger partial charge in [-0.2, -0.15) is 8.42 Å². The van der Waals surface area contributed by atoms with Crippen LogP contribution in [-0.2, 0) is 14.3 Å². The first-order valence-corrected chi connectivity index (χ1v) is 7.71. The van der Waals surface area contributed by atoms with Gasteiger partial charge in [-0.1, -0.05) is 18.2 Å². The number of aromatic nitrogens is 1. The molecule has 0 aliphatic rings. The number of fused-ring (bicyclic) bond motifs is 1. The minimum Gasteiger partial charge on any atom is -0.373 e. The van der Waals surface area contributed by atoms with Crippen LogP contribution in [0.1, 0.15) is 6.92 Å². The van der Waals surface area contributed by atoms with Gasteiger partial charge in [0.25, 0.3) is 0 Å². The second-order valence-corrected chi connectivity index (χ2v) is 6.19. The summed E-state index contributed by atoms with van der Waals surface area (Å²) < 4.78 is 54.9. The molecule has 0 saturated carbocycles. The Morgan fingerprint density at radius 1 is 1.32 bits per heavy atom. The van der Waals surface area contributed by atoms with Crippen molar-refractivity contribution in [3.63, 3.8) is 0 Å². The molecule has 2 rings (SSSR count). The summed E-state index contributed by atoms with van der Waals surface area (Å²) in [5, 5.41) is 1.24. The molecule has 1 heterocycles. The Morgan fingerprint density at radius 2 is 2.00 bits per heavy atom. The summed E-state index contributed by atoms with van der Waals surface area (Å²) >= 11 is 5.88. The third kappa shape index (κ3) is 3.26. The van der Waals surface area contributed by atoms with E-state index in [0.29, 0.717) is 10.8 Å². The predicted octanol–water partition coefficient (Wildman–Crippen LogP) is 4.28. The van der Waals surface area contributed by atoms with E-state index in [4.69, 9.17) is 11.6 Å². The molecule has 1 aromatic carbocycles. The molecule has 0 radical (unpaired) electrons. The number of allylic oxidation sites excluding steroid dienone is 2. The zero-order chi connectivity index (χ0) is 16.5. The van der Waals surface area contributed by atoms with Gasteiger partial charge >= 0.3 is 10.1 Å². The maximum Gasteiger partial charge on any atom is 0.339 e. The van der Waals surface area contributed by atoms with E-state index in [0.717, 1.165) is 6.92 Å². The van der Waals surface area contributed by atoms with Crippen LogP contribution < -0.4 is 0 Å². The highest BCUT2D eigenvalue weighted by atomic mass is 35.5. The number of nitrogens with zero attached hydrogens (tertiary/aromatic N) is 1. The highest BCUT2D eigenvalue weighted by Crippen LogP contribution is 2.27. The minimum absolute atomic E-state index is 0.208. The van der Waals surface area contributed by atoms with E-state index in [1.807, 2.05) is 0 Å². The van der Waals surface area contributed by atoms with Crippen LogP contribution in [0.15, 0.2) is 59.3 Å². The van der Waals surface area contributed by atoms with E-state index in [-0.39, 0.29) is 10.0 Å². The first-order valence-electron chi connectivity index (χ1n) is 5.92. The molecule has 1 aromatic heterocycles. The zero-order valence-corrected chi connectivity index (χ0v) is 12.9. The average molecular weight is 346 g/mol. The van der Waals surface area contributed by atoms with Gasteiger partial charge in [0.05, 0.1) is 0 Å². The third-order valence-electron chi connectivity index (χ3n) is 2.73. The Hall–Kier alpha value is -1.99. The van der Waals surface area contributed by atoms with E-state index in [9.17, 15) is 17.2 Å². The highest BCUT2D eigenvalue weighted by Gasteiger charge is 2.22. The molecule has 0 atom stereocenters. The van der Waals surface area contributed by atoms with Crippen LogP contribution in [-0.4, -0.2) is 13.4 Å². The SMILES string of the molecule is C=C(F)/C(OS(=O)(=O)c1ccc2c(Cl)nccc2c1)=C(\C)F. The molecule has 0 aliphatic heterocycles. The highest BCUT2D eigenvalue weighted by molar-refractivity contribution is 7.86. The van der Waals surface area contributed by atoms with Gasteiger partial charge in [0.1, 0.15) is 15.9 Å². The van der Waals surface area contributed by atoms with Crippen LogP contribution in [0.3, 0.4) is 0 Å². The quantitative estimate of drug-likeness (QED) is 0.359. The molecule has 0 bridgehead atoms. The molecule has 0 spiro atoms. The molecule has 0 unspecified atom stereocenters. The van der Waals surface area contributed by atoms with Crippen molar-refractivity contribution in [1.29, 1.82) is 0 Å². The van der Waals surface area contributed by atoms with Crippen LogP contribution in [0, 0.1) is 0 Å². The van der Waals surface area contributed by atoms with Gasteiger partial charge in [-0.05, 0) is 36.6 Å². The second kappa shape index (κ2) is 6.02. The summed E-state index contributed by atoms with van der Waals surface area (Å²) in [5.41, 5.74) is 0. The molecule has 0 saturated heterocycles. The lowest BCUT2D eigenvalue weighted by Gasteiger charge is -2.10. The van der Waals surface area contributed by atoms with Gasteiger partial charge in [-0.25, -0.2) is 13.8 Å². The van der Waals surface area contributed by atoms with Crippen LogP contribution in [0.5, 0.6) is 0 Å². The maximum atomic E-state index is 13.1. The lowest BCUT2D eigenvalue weighted by molar-refractivity contribution is 0.370. The molecular weight excluding hydrogens is 336 g/mol. The lowest BCUT2D eigenvalue weighted by atomic mass is 10.2. The van der Waals surface area contributed by atoms with Crippen molar-refractivity contribution in [3.05, 3.63) is 59.6 Å². The van der Waals surface area contributed by atoms with Crippen LogP contribution in [0.4, 0.5) is 8.78 Å².